The van der Waals surface area contributed by atoms with Gasteiger partial charge in [-0.15, -0.1) is 0 Å². The monoisotopic (exact) mass is 415 g/mol. The second-order valence-corrected chi connectivity index (χ2v) is 9.74. The van der Waals surface area contributed by atoms with Gasteiger partial charge in [-0.05, 0) is 12.3 Å². The standard InChI is InChI=1S/C16H29N7O2S2/c1-4-14-19-16(26-20-14)22-9-7-21(8-10-22)15(17-2)18-11-13-5-6-23(12-13)27(3,24)25/h13H,4-12H2,1-3H3,(H,17,18). The van der Waals surface area contributed by atoms with Crippen LogP contribution in [0.25, 0.3) is 0 Å². The van der Waals surface area contributed by atoms with E-state index in [0.29, 0.717) is 19.0 Å². The Balaban J connectivity index is 1.47. The Labute approximate surface area is 165 Å². The summed E-state index contributed by atoms with van der Waals surface area (Å²) in [6, 6.07) is 0. The number of guanidine groups is 1. The number of piperazine rings is 1. The SMILES string of the molecule is CCc1nsc(N2CCN(C(=NC)NCC3CCN(S(C)(=O)=O)C3)CC2)n1. The smallest absolute Gasteiger partial charge is 0.211 e. The van der Waals surface area contributed by atoms with Gasteiger partial charge in [0.05, 0.1) is 6.26 Å². The molecule has 2 aliphatic rings. The highest BCUT2D eigenvalue weighted by Crippen LogP contribution is 2.20. The molecule has 1 aromatic rings. The van der Waals surface area contributed by atoms with Crippen LogP contribution in [-0.4, -0.2) is 92.1 Å². The first kappa shape index (κ1) is 20.3. The summed E-state index contributed by atoms with van der Waals surface area (Å²) in [6.07, 6.45) is 3.04. The van der Waals surface area contributed by atoms with Crippen LogP contribution in [0.3, 0.4) is 0 Å². The maximum absolute atomic E-state index is 11.6. The molecule has 0 spiro atoms. The summed E-state index contributed by atoms with van der Waals surface area (Å²) >= 11 is 1.47. The number of sulfonamides is 1. The first-order chi connectivity index (χ1) is 12.9. The Morgan fingerprint density at radius 1 is 1.30 bits per heavy atom. The number of hydrogen-bond donors (Lipinski definition) is 1. The van der Waals surface area contributed by atoms with Crippen LogP contribution < -0.4 is 10.2 Å². The molecule has 0 bridgehead atoms. The van der Waals surface area contributed by atoms with Crippen LogP contribution in [0.1, 0.15) is 19.2 Å². The Morgan fingerprint density at radius 3 is 2.59 bits per heavy atom. The predicted molar refractivity (Wildman–Crippen MR) is 109 cm³/mol. The van der Waals surface area contributed by atoms with Crippen molar-refractivity contribution >= 4 is 32.6 Å². The van der Waals surface area contributed by atoms with Gasteiger partial charge in [-0.25, -0.2) is 17.7 Å². The zero-order chi connectivity index (χ0) is 19.4. The predicted octanol–water partition coefficient (Wildman–Crippen LogP) is 0.0794. The molecular weight excluding hydrogens is 386 g/mol. The molecule has 0 saturated carbocycles. The molecule has 0 amide bonds. The van der Waals surface area contributed by atoms with Crippen LogP contribution in [0, 0.1) is 5.92 Å². The minimum absolute atomic E-state index is 0.326. The van der Waals surface area contributed by atoms with Gasteiger partial charge in [0.25, 0.3) is 0 Å². The maximum atomic E-state index is 11.6. The summed E-state index contributed by atoms with van der Waals surface area (Å²) in [7, 11) is -1.29. The molecule has 0 radical (unpaired) electrons. The summed E-state index contributed by atoms with van der Waals surface area (Å²) in [5.41, 5.74) is 0. The normalized spacial score (nSPS) is 22.5. The van der Waals surface area contributed by atoms with Gasteiger partial charge in [0.1, 0.15) is 5.82 Å². The van der Waals surface area contributed by atoms with E-state index in [1.54, 1.807) is 11.4 Å². The Hall–Kier alpha value is -1.46. The van der Waals surface area contributed by atoms with Crippen molar-refractivity contribution in [2.75, 3.05) is 64.0 Å². The third-order valence-corrected chi connectivity index (χ3v) is 7.19. The van der Waals surface area contributed by atoms with Crippen LogP contribution in [0.5, 0.6) is 0 Å². The van der Waals surface area contributed by atoms with Crippen LogP contribution in [0.2, 0.25) is 0 Å². The second-order valence-electron chi connectivity index (χ2n) is 7.02. The highest BCUT2D eigenvalue weighted by molar-refractivity contribution is 7.88. The number of anilines is 1. The van der Waals surface area contributed by atoms with Crippen molar-refractivity contribution in [1.29, 1.82) is 0 Å². The number of aliphatic imine (C=N–C) groups is 1. The van der Waals surface area contributed by atoms with Crippen molar-refractivity contribution in [2.24, 2.45) is 10.9 Å². The third-order valence-electron chi connectivity index (χ3n) is 5.10. The zero-order valence-corrected chi connectivity index (χ0v) is 17.9. The lowest BCUT2D eigenvalue weighted by atomic mass is 10.1. The molecule has 3 rings (SSSR count). The summed E-state index contributed by atoms with van der Waals surface area (Å²) in [5, 5.41) is 4.43. The number of rotatable bonds is 5. The summed E-state index contributed by atoms with van der Waals surface area (Å²) in [4.78, 5) is 13.5. The lowest BCUT2D eigenvalue weighted by Crippen LogP contribution is -2.53. The van der Waals surface area contributed by atoms with Crippen molar-refractivity contribution in [3.05, 3.63) is 5.82 Å². The summed E-state index contributed by atoms with van der Waals surface area (Å²) in [6.45, 7) is 7.56. The molecule has 2 aliphatic heterocycles. The van der Waals surface area contributed by atoms with Gasteiger partial charge in [-0.1, -0.05) is 6.92 Å². The van der Waals surface area contributed by atoms with E-state index in [4.69, 9.17) is 0 Å². The van der Waals surface area contributed by atoms with Gasteiger partial charge >= 0.3 is 0 Å². The molecule has 11 heteroatoms. The zero-order valence-electron chi connectivity index (χ0n) is 16.3. The van der Waals surface area contributed by atoms with Crippen molar-refractivity contribution in [2.45, 2.75) is 19.8 Å². The fraction of sp³-hybridized carbons (Fsp3) is 0.812. The quantitative estimate of drug-likeness (QED) is 0.538. The molecule has 9 nitrogen and oxygen atoms in total. The molecule has 27 heavy (non-hydrogen) atoms. The molecule has 1 N–H and O–H groups in total. The van der Waals surface area contributed by atoms with Gasteiger partial charge in [-0.2, -0.15) is 4.37 Å². The minimum atomic E-state index is -3.08. The molecular formula is C16H29N7O2S2. The fourth-order valence-corrected chi connectivity index (χ4v) is 5.18. The minimum Gasteiger partial charge on any atom is -0.356 e. The van der Waals surface area contributed by atoms with Gasteiger partial charge in [0.2, 0.25) is 15.2 Å². The van der Waals surface area contributed by atoms with E-state index in [1.807, 2.05) is 0 Å². The summed E-state index contributed by atoms with van der Waals surface area (Å²) < 4.78 is 29.2. The van der Waals surface area contributed by atoms with E-state index in [0.717, 1.165) is 62.5 Å². The summed E-state index contributed by atoms with van der Waals surface area (Å²) in [5.74, 6) is 2.13. The Morgan fingerprint density at radius 2 is 2.04 bits per heavy atom. The van der Waals surface area contributed by atoms with Gasteiger partial charge < -0.3 is 15.1 Å². The number of nitrogens with zero attached hydrogens (tertiary/aromatic N) is 6. The van der Waals surface area contributed by atoms with Crippen LogP contribution in [-0.2, 0) is 16.4 Å². The molecule has 0 aromatic carbocycles. The van der Waals surface area contributed by atoms with E-state index in [-0.39, 0.29) is 0 Å². The first-order valence-electron chi connectivity index (χ1n) is 9.39. The van der Waals surface area contributed by atoms with Gasteiger partial charge in [-0.3, -0.25) is 4.99 Å². The molecule has 1 aromatic heterocycles. The largest absolute Gasteiger partial charge is 0.356 e. The topological polar surface area (TPSA) is 94.0 Å². The van der Waals surface area contributed by atoms with E-state index in [1.165, 1.54) is 17.8 Å². The molecule has 1 unspecified atom stereocenters. The van der Waals surface area contributed by atoms with Gasteiger partial charge in [0.15, 0.2) is 5.96 Å². The van der Waals surface area contributed by atoms with Crippen LogP contribution in [0.15, 0.2) is 4.99 Å². The highest BCUT2D eigenvalue weighted by atomic mass is 32.2. The Bertz CT molecular complexity index is 757. The number of nitrogens with one attached hydrogen (secondary N) is 1. The molecule has 3 heterocycles. The van der Waals surface area contributed by atoms with E-state index in [2.05, 4.69) is 36.4 Å². The first-order valence-corrected chi connectivity index (χ1v) is 12.0. The number of hydrogen-bond acceptors (Lipinski definition) is 7. The molecule has 1 atom stereocenters. The van der Waals surface area contributed by atoms with E-state index < -0.39 is 10.0 Å². The molecule has 2 fully saturated rings. The van der Waals surface area contributed by atoms with Crippen LogP contribution >= 0.6 is 11.5 Å². The highest BCUT2D eigenvalue weighted by Gasteiger charge is 2.29. The van der Waals surface area contributed by atoms with Crippen molar-refractivity contribution < 1.29 is 8.42 Å². The van der Waals surface area contributed by atoms with E-state index in [9.17, 15) is 8.42 Å². The van der Waals surface area contributed by atoms with Crippen molar-refractivity contribution in [3.63, 3.8) is 0 Å². The second kappa shape index (κ2) is 8.70. The average molecular weight is 416 g/mol. The number of aryl methyl sites for hydroxylation is 1. The van der Waals surface area contributed by atoms with Crippen molar-refractivity contribution in [1.82, 2.24) is 23.9 Å². The molecule has 152 valence electrons. The number of aromatic nitrogens is 2. The lowest BCUT2D eigenvalue weighted by molar-refractivity contribution is 0.367. The molecule has 0 aliphatic carbocycles. The van der Waals surface area contributed by atoms with E-state index >= 15 is 0 Å². The Kier molecular flexibility index (Phi) is 6.53. The maximum Gasteiger partial charge on any atom is 0.211 e. The van der Waals surface area contributed by atoms with Crippen molar-refractivity contribution in [3.8, 4) is 0 Å². The molecule has 2 saturated heterocycles. The van der Waals surface area contributed by atoms with Gasteiger partial charge in [0, 0.05) is 70.8 Å². The lowest BCUT2D eigenvalue weighted by Gasteiger charge is -2.36. The third kappa shape index (κ3) is 5.08. The average Bonchev–Trinajstić information content (AvgIpc) is 3.32. The fourth-order valence-electron chi connectivity index (χ4n) is 3.46. The van der Waals surface area contributed by atoms with Crippen LogP contribution in [0.4, 0.5) is 5.13 Å².